The smallest absolute Gasteiger partial charge is 0.00879 e. The predicted octanol–water partition coefficient (Wildman–Crippen LogP) is 4.48. The zero-order valence-corrected chi connectivity index (χ0v) is 10.7. The molecule has 0 aliphatic rings. The molecular weight excluding hydrogens is 212 g/mol. The van der Waals surface area contributed by atoms with Gasteiger partial charge in [0.1, 0.15) is 0 Å². The van der Waals surface area contributed by atoms with Crippen LogP contribution < -0.4 is 0 Å². The van der Waals surface area contributed by atoms with Gasteiger partial charge in [-0.2, -0.15) is 0 Å². The first kappa shape index (κ1) is 12.5. The zero-order valence-electron chi connectivity index (χ0n) is 9.15. The van der Waals surface area contributed by atoms with Gasteiger partial charge >= 0.3 is 0 Å². The summed E-state index contributed by atoms with van der Waals surface area (Å²) in [5.74, 6) is 1.59. The monoisotopic (exact) mass is 234 g/mol. The molecule has 0 N–H and O–H groups in total. The number of alkyl halides is 1. The third kappa shape index (κ3) is 3.08. The minimum absolute atomic E-state index is 0.489. The topological polar surface area (TPSA) is 0 Å². The Morgan fingerprint density at radius 2 is 1.75 bits per heavy atom. The van der Waals surface area contributed by atoms with Gasteiger partial charge in [-0.25, -0.2) is 0 Å². The summed E-state index contributed by atoms with van der Waals surface area (Å²) in [6, 6.07) is 0. The van der Waals surface area contributed by atoms with Gasteiger partial charge in [-0.15, -0.1) is 0 Å². The second-order valence-electron chi connectivity index (χ2n) is 4.57. The normalized spacial score (nSPS) is 19.2. The maximum absolute atomic E-state index is 3.64. The van der Waals surface area contributed by atoms with Crippen molar-refractivity contribution in [1.29, 1.82) is 0 Å². The molecule has 0 radical (unpaired) electrons. The molecule has 74 valence electrons. The highest BCUT2D eigenvalue weighted by molar-refractivity contribution is 9.09. The van der Waals surface area contributed by atoms with E-state index in [1.165, 1.54) is 12.8 Å². The van der Waals surface area contributed by atoms with Crippen LogP contribution in [0.3, 0.4) is 0 Å². The Morgan fingerprint density at radius 3 is 2.00 bits per heavy atom. The van der Waals surface area contributed by atoms with Gasteiger partial charge in [0, 0.05) is 5.33 Å². The first-order valence-corrected chi connectivity index (χ1v) is 6.16. The summed E-state index contributed by atoms with van der Waals surface area (Å²) in [5, 5.41) is 1.13. The van der Waals surface area contributed by atoms with Crippen molar-refractivity contribution in [3.05, 3.63) is 0 Å². The summed E-state index contributed by atoms with van der Waals surface area (Å²) in [5.41, 5.74) is 0.489. The number of rotatable bonds is 5. The molecule has 0 aromatic carbocycles. The summed E-state index contributed by atoms with van der Waals surface area (Å²) >= 11 is 3.64. The fourth-order valence-corrected chi connectivity index (χ4v) is 2.58. The highest BCUT2D eigenvalue weighted by Crippen LogP contribution is 2.38. The highest BCUT2D eigenvalue weighted by atomic mass is 79.9. The maximum atomic E-state index is 3.64. The van der Waals surface area contributed by atoms with E-state index in [0.717, 1.165) is 17.2 Å². The Labute approximate surface area is 86.3 Å². The van der Waals surface area contributed by atoms with Crippen LogP contribution in [0.4, 0.5) is 0 Å². The van der Waals surface area contributed by atoms with Crippen LogP contribution in [-0.4, -0.2) is 5.33 Å². The fourth-order valence-electron chi connectivity index (χ4n) is 1.79. The van der Waals surface area contributed by atoms with Crippen molar-refractivity contribution >= 4 is 15.9 Å². The quantitative estimate of drug-likeness (QED) is 0.616. The summed E-state index contributed by atoms with van der Waals surface area (Å²) in [6.45, 7) is 11.7. The lowest BCUT2D eigenvalue weighted by atomic mass is 9.71. The van der Waals surface area contributed by atoms with E-state index in [0.29, 0.717) is 5.41 Å². The third-order valence-electron chi connectivity index (χ3n) is 3.23. The van der Waals surface area contributed by atoms with Crippen LogP contribution in [0.5, 0.6) is 0 Å². The predicted molar refractivity (Wildman–Crippen MR) is 60.8 cm³/mol. The first-order chi connectivity index (χ1) is 5.48. The molecule has 0 aliphatic carbocycles. The summed E-state index contributed by atoms with van der Waals surface area (Å²) in [4.78, 5) is 0. The van der Waals surface area contributed by atoms with E-state index >= 15 is 0 Å². The lowest BCUT2D eigenvalue weighted by Gasteiger charge is -2.36. The van der Waals surface area contributed by atoms with E-state index in [1.807, 2.05) is 0 Å². The third-order valence-corrected chi connectivity index (χ3v) is 4.51. The summed E-state index contributed by atoms with van der Waals surface area (Å²) in [7, 11) is 0. The minimum Gasteiger partial charge on any atom is -0.0922 e. The molecule has 2 unspecified atom stereocenters. The lowest BCUT2D eigenvalue weighted by molar-refractivity contribution is 0.167. The van der Waals surface area contributed by atoms with Crippen LogP contribution in [0, 0.1) is 17.3 Å². The molecule has 0 heterocycles. The van der Waals surface area contributed by atoms with Crippen molar-refractivity contribution in [2.24, 2.45) is 17.3 Å². The van der Waals surface area contributed by atoms with Crippen molar-refractivity contribution in [1.82, 2.24) is 0 Å². The van der Waals surface area contributed by atoms with Gasteiger partial charge in [-0.3, -0.25) is 0 Å². The van der Waals surface area contributed by atoms with Crippen molar-refractivity contribution in [3.8, 4) is 0 Å². The Morgan fingerprint density at radius 1 is 1.25 bits per heavy atom. The van der Waals surface area contributed by atoms with Crippen LogP contribution in [-0.2, 0) is 0 Å². The van der Waals surface area contributed by atoms with Crippen LogP contribution in [0.25, 0.3) is 0 Å². The zero-order chi connectivity index (χ0) is 9.78. The second-order valence-corrected chi connectivity index (χ2v) is 5.13. The average molecular weight is 235 g/mol. The Hall–Kier alpha value is 0.480. The molecule has 0 amide bonds. The van der Waals surface area contributed by atoms with Crippen molar-refractivity contribution in [3.63, 3.8) is 0 Å². The van der Waals surface area contributed by atoms with Gasteiger partial charge < -0.3 is 0 Å². The number of hydrogen-bond donors (Lipinski definition) is 0. The fraction of sp³-hybridized carbons (Fsp3) is 1.00. The average Bonchev–Trinajstić information content (AvgIpc) is 2.03. The molecular formula is C11H23Br. The van der Waals surface area contributed by atoms with Gasteiger partial charge in [0.05, 0.1) is 0 Å². The van der Waals surface area contributed by atoms with Crippen molar-refractivity contribution in [2.45, 2.75) is 47.5 Å². The summed E-state index contributed by atoms with van der Waals surface area (Å²) < 4.78 is 0. The Bertz CT molecular complexity index is 120. The summed E-state index contributed by atoms with van der Waals surface area (Å²) in [6.07, 6.45) is 2.62. The maximum Gasteiger partial charge on any atom is 0.00879 e. The molecule has 0 nitrogen and oxygen atoms in total. The van der Waals surface area contributed by atoms with E-state index in [4.69, 9.17) is 0 Å². The molecule has 0 bridgehead atoms. The van der Waals surface area contributed by atoms with Gasteiger partial charge in [0.2, 0.25) is 0 Å². The minimum atomic E-state index is 0.489. The molecule has 1 heteroatoms. The lowest BCUT2D eigenvalue weighted by Crippen LogP contribution is -2.30. The SMILES string of the molecule is CCCC(C)(CBr)C(C)C(C)C. The van der Waals surface area contributed by atoms with Crippen LogP contribution >= 0.6 is 15.9 Å². The van der Waals surface area contributed by atoms with Crippen LogP contribution in [0.1, 0.15) is 47.5 Å². The molecule has 0 saturated carbocycles. The van der Waals surface area contributed by atoms with Crippen molar-refractivity contribution < 1.29 is 0 Å². The molecule has 0 aliphatic heterocycles. The molecule has 0 rings (SSSR count). The standard InChI is InChI=1S/C11H23Br/c1-6-7-11(5,8-12)10(4)9(2)3/h9-10H,6-8H2,1-5H3. The van der Waals surface area contributed by atoms with E-state index in [-0.39, 0.29) is 0 Å². The molecule has 0 fully saturated rings. The van der Waals surface area contributed by atoms with Crippen molar-refractivity contribution in [2.75, 3.05) is 5.33 Å². The Balaban J connectivity index is 4.28. The highest BCUT2D eigenvalue weighted by Gasteiger charge is 2.30. The van der Waals surface area contributed by atoms with E-state index < -0.39 is 0 Å². The molecule has 0 spiro atoms. The van der Waals surface area contributed by atoms with Gasteiger partial charge in [-0.05, 0) is 23.7 Å². The molecule has 0 aromatic rings. The first-order valence-electron chi connectivity index (χ1n) is 5.04. The largest absolute Gasteiger partial charge is 0.0922 e. The van der Waals surface area contributed by atoms with Gasteiger partial charge in [0.25, 0.3) is 0 Å². The molecule has 2 atom stereocenters. The van der Waals surface area contributed by atoms with Gasteiger partial charge in [0.15, 0.2) is 0 Å². The Kier molecular flexibility index (Phi) is 5.47. The molecule has 0 saturated heterocycles. The second kappa shape index (κ2) is 5.26. The van der Waals surface area contributed by atoms with E-state index in [9.17, 15) is 0 Å². The van der Waals surface area contributed by atoms with Gasteiger partial charge in [-0.1, -0.05) is 57.0 Å². The van der Waals surface area contributed by atoms with E-state index in [1.54, 1.807) is 0 Å². The van der Waals surface area contributed by atoms with Crippen LogP contribution in [0.2, 0.25) is 0 Å². The van der Waals surface area contributed by atoms with Crippen LogP contribution in [0.15, 0.2) is 0 Å². The molecule has 0 aromatic heterocycles. The number of hydrogen-bond acceptors (Lipinski definition) is 0. The van der Waals surface area contributed by atoms with E-state index in [2.05, 4.69) is 50.5 Å². The number of halogens is 1. The molecule has 12 heavy (non-hydrogen) atoms.